The molecular formula is C22H28N2O2. The highest BCUT2D eigenvalue weighted by Gasteiger charge is 2.43. The summed E-state index contributed by atoms with van der Waals surface area (Å²) in [5.74, 6) is 0.506. The minimum Gasteiger partial charge on any atom is -0.459 e. The third kappa shape index (κ3) is 3.43. The number of hydrogen-bond donors (Lipinski definition) is 0. The SMILES string of the molecule is CCc1ccccc1CN1CCC[C@@]2(CCN(C(=O)c3ccco3)C2)C1. The first-order chi connectivity index (χ1) is 12.7. The number of piperidine rings is 1. The van der Waals surface area contributed by atoms with E-state index in [4.69, 9.17) is 4.42 Å². The van der Waals surface area contributed by atoms with E-state index in [0.29, 0.717) is 5.76 Å². The predicted octanol–water partition coefficient (Wildman–Crippen LogP) is 3.97. The van der Waals surface area contributed by atoms with Crippen molar-refractivity contribution in [2.45, 2.75) is 39.2 Å². The van der Waals surface area contributed by atoms with E-state index in [0.717, 1.165) is 45.6 Å². The molecule has 0 aliphatic carbocycles. The molecule has 2 aliphatic heterocycles. The van der Waals surface area contributed by atoms with Crippen LogP contribution in [0.2, 0.25) is 0 Å². The summed E-state index contributed by atoms with van der Waals surface area (Å²) >= 11 is 0. The molecule has 0 saturated carbocycles. The normalized spacial score (nSPS) is 23.7. The lowest BCUT2D eigenvalue weighted by Gasteiger charge is -2.40. The molecule has 4 rings (SSSR count). The van der Waals surface area contributed by atoms with Gasteiger partial charge in [0.25, 0.3) is 5.91 Å². The van der Waals surface area contributed by atoms with Crippen LogP contribution in [0.1, 0.15) is 47.9 Å². The molecule has 2 aromatic rings. The number of benzene rings is 1. The molecule has 1 aromatic heterocycles. The molecule has 26 heavy (non-hydrogen) atoms. The van der Waals surface area contributed by atoms with Gasteiger partial charge in [-0.2, -0.15) is 0 Å². The maximum atomic E-state index is 12.6. The number of hydrogen-bond acceptors (Lipinski definition) is 3. The number of carbonyl (C=O) groups excluding carboxylic acids is 1. The lowest BCUT2D eigenvalue weighted by molar-refractivity contribution is 0.0651. The van der Waals surface area contributed by atoms with Gasteiger partial charge in [-0.1, -0.05) is 31.2 Å². The number of carbonyl (C=O) groups is 1. The molecule has 1 atom stereocenters. The van der Waals surface area contributed by atoms with Crippen molar-refractivity contribution in [3.8, 4) is 0 Å². The fourth-order valence-corrected chi connectivity index (χ4v) is 4.74. The summed E-state index contributed by atoms with van der Waals surface area (Å²) in [5.41, 5.74) is 3.16. The van der Waals surface area contributed by atoms with Gasteiger partial charge in [0.2, 0.25) is 0 Å². The Balaban J connectivity index is 1.43. The zero-order valence-electron chi connectivity index (χ0n) is 15.6. The molecular weight excluding hydrogens is 324 g/mol. The topological polar surface area (TPSA) is 36.7 Å². The predicted molar refractivity (Wildman–Crippen MR) is 102 cm³/mol. The van der Waals surface area contributed by atoms with E-state index in [1.165, 1.54) is 24.0 Å². The first-order valence-electron chi connectivity index (χ1n) is 9.81. The van der Waals surface area contributed by atoms with Gasteiger partial charge in [-0.25, -0.2) is 0 Å². The zero-order chi connectivity index (χ0) is 18.0. The largest absolute Gasteiger partial charge is 0.459 e. The van der Waals surface area contributed by atoms with E-state index < -0.39 is 0 Å². The first-order valence-corrected chi connectivity index (χ1v) is 9.81. The number of aryl methyl sites for hydroxylation is 1. The van der Waals surface area contributed by atoms with Crippen molar-refractivity contribution in [3.63, 3.8) is 0 Å². The second-order valence-corrected chi connectivity index (χ2v) is 7.89. The molecule has 4 heteroatoms. The molecule has 2 aliphatic rings. The van der Waals surface area contributed by atoms with Crippen LogP contribution in [-0.2, 0) is 13.0 Å². The van der Waals surface area contributed by atoms with Crippen molar-refractivity contribution in [1.82, 2.24) is 9.80 Å². The van der Waals surface area contributed by atoms with Gasteiger partial charge in [-0.3, -0.25) is 9.69 Å². The molecule has 1 aromatic carbocycles. The van der Waals surface area contributed by atoms with Crippen LogP contribution in [0.4, 0.5) is 0 Å². The van der Waals surface area contributed by atoms with E-state index in [1.807, 2.05) is 4.90 Å². The Kier molecular flexibility index (Phi) is 4.86. The Morgan fingerprint density at radius 1 is 1.08 bits per heavy atom. The molecule has 2 fully saturated rings. The maximum Gasteiger partial charge on any atom is 0.289 e. The van der Waals surface area contributed by atoms with Crippen molar-refractivity contribution in [2.75, 3.05) is 26.2 Å². The van der Waals surface area contributed by atoms with Crippen LogP contribution < -0.4 is 0 Å². The lowest BCUT2D eigenvalue weighted by Crippen LogP contribution is -2.45. The Morgan fingerprint density at radius 3 is 2.69 bits per heavy atom. The van der Waals surface area contributed by atoms with Crippen LogP contribution in [0.3, 0.4) is 0 Å². The minimum absolute atomic E-state index is 0.0420. The molecule has 0 bridgehead atoms. The Bertz CT molecular complexity index is 755. The summed E-state index contributed by atoms with van der Waals surface area (Å²) in [6.07, 6.45) is 6.20. The van der Waals surface area contributed by atoms with Gasteiger partial charge in [-0.15, -0.1) is 0 Å². The van der Waals surface area contributed by atoms with E-state index >= 15 is 0 Å². The fraction of sp³-hybridized carbons (Fsp3) is 0.500. The molecule has 1 amide bonds. The molecule has 3 heterocycles. The number of furan rings is 1. The molecule has 4 nitrogen and oxygen atoms in total. The number of likely N-dealkylation sites (tertiary alicyclic amines) is 2. The van der Waals surface area contributed by atoms with Gasteiger partial charge in [0.15, 0.2) is 5.76 Å². The highest BCUT2D eigenvalue weighted by atomic mass is 16.3. The average molecular weight is 352 g/mol. The highest BCUT2D eigenvalue weighted by molar-refractivity contribution is 5.91. The van der Waals surface area contributed by atoms with Crippen molar-refractivity contribution in [3.05, 3.63) is 59.5 Å². The quantitative estimate of drug-likeness (QED) is 0.835. The molecule has 138 valence electrons. The van der Waals surface area contributed by atoms with E-state index in [2.05, 4.69) is 36.1 Å². The maximum absolute atomic E-state index is 12.6. The Labute approximate surface area is 155 Å². The van der Waals surface area contributed by atoms with Crippen molar-refractivity contribution in [2.24, 2.45) is 5.41 Å². The lowest BCUT2D eigenvalue weighted by atomic mass is 9.79. The molecule has 1 spiro atoms. The van der Waals surface area contributed by atoms with Gasteiger partial charge < -0.3 is 9.32 Å². The standard InChI is InChI=1S/C22H28N2O2/c1-2-18-7-3-4-8-19(18)15-23-12-6-10-22(16-23)11-13-24(17-22)21(25)20-9-5-14-26-20/h3-5,7-9,14H,2,6,10-13,15-17H2,1H3/t22-/m1/s1. The average Bonchev–Trinajstić information content (AvgIpc) is 3.32. The van der Waals surface area contributed by atoms with Crippen LogP contribution in [0.15, 0.2) is 47.1 Å². The molecule has 0 radical (unpaired) electrons. The monoisotopic (exact) mass is 352 g/mol. The Hall–Kier alpha value is -2.07. The van der Waals surface area contributed by atoms with E-state index in [9.17, 15) is 4.79 Å². The second kappa shape index (κ2) is 7.28. The minimum atomic E-state index is 0.0420. The van der Waals surface area contributed by atoms with Crippen LogP contribution >= 0.6 is 0 Å². The third-order valence-corrected chi connectivity index (χ3v) is 6.09. The van der Waals surface area contributed by atoms with Crippen molar-refractivity contribution < 1.29 is 9.21 Å². The van der Waals surface area contributed by atoms with E-state index in [1.54, 1.807) is 18.4 Å². The van der Waals surface area contributed by atoms with E-state index in [-0.39, 0.29) is 11.3 Å². The first kappa shape index (κ1) is 17.3. The van der Waals surface area contributed by atoms with Gasteiger partial charge in [0.05, 0.1) is 6.26 Å². The molecule has 0 N–H and O–H groups in total. The smallest absolute Gasteiger partial charge is 0.289 e. The summed E-state index contributed by atoms with van der Waals surface area (Å²) in [4.78, 5) is 17.2. The summed E-state index contributed by atoms with van der Waals surface area (Å²) in [6, 6.07) is 12.3. The molecule has 2 saturated heterocycles. The van der Waals surface area contributed by atoms with Crippen LogP contribution in [0.25, 0.3) is 0 Å². The van der Waals surface area contributed by atoms with Gasteiger partial charge in [-0.05, 0) is 55.5 Å². The number of amides is 1. The summed E-state index contributed by atoms with van der Waals surface area (Å²) in [7, 11) is 0. The van der Waals surface area contributed by atoms with Gasteiger partial charge in [0, 0.05) is 31.6 Å². The summed E-state index contributed by atoms with van der Waals surface area (Å²) in [5, 5.41) is 0. The highest BCUT2D eigenvalue weighted by Crippen LogP contribution is 2.40. The van der Waals surface area contributed by atoms with Gasteiger partial charge in [0.1, 0.15) is 0 Å². The van der Waals surface area contributed by atoms with Crippen molar-refractivity contribution >= 4 is 5.91 Å². The third-order valence-electron chi connectivity index (χ3n) is 6.09. The summed E-state index contributed by atoms with van der Waals surface area (Å²) in [6.45, 7) is 7.21. The zero-order valence-corrected chi connectivity index (χ0v) is 15.6. The van der Waals surface area contributed by atoms with Gasteiger partial charge >= 0.3 is 0 Å². The van der Waals surface area contributed by atoms with Crippen LogP contribution in [0.5, 0.6) is 0 Å². The summed E-state index contributed by atoms with van der Waals surface area (Å²) < 4.78 is 5.31. The molecule has 0 unspecified atom stereocenters. The van der Waals surface area contributed by atoms with Crippen molar-refractivity contribution in [1.29, 1.82) is 0 Å². The van der Waals surface area contributed by atoms with Crippen LogP contribution in [-0.4, -0.2) is 41.9 Å². The number of nitrogens with zero attached hydrogens (tertiary/aromatic N) is 2. The second-order valence-electron chi connectivity index (χ2n) is 7.89. The van der Waals surface area contributed by atoms with Crippen LogP contribution in [0, 0.1) is 5.41 Å². The Morgan fingerprint density at radius 2 is 1.92 bits per heavy atom. The fourth-order valence-electron chi connectivity index (χ4n) is 4.74. The number of rotatable bonds is 4.